The van der Waals surface area contributed by atoms with Crippen LogP contribution in [0.15, 0.2) is 24.3 Å². The number of rotatable bonds is 52. The van der Waals surface area contributed by atoms with Crippen molar-refractivity contribution in [3.05, 3.63) is 24.3 Å². The molecule has 3 N–H and O–H groups in total. The predicted molar refractivity (Wildman–Crippen MR) is 273 cm³/mol. The van der Waals surface area contributed by atoms with E-state index < -0.39 is 12.1 Å². The average Bonchev–Trinajstić information content (AvgIpc) is 3.28. The number of nitrogens with one attached hydrogen (secondary N) is 1. The highest BCUT2D eigenvalue weighted by molar-refractivity contribution is 5.76. The number of aliphatic hydroxyl groups is 2. The van der Waals surface area contributed by atoms with Crippen molar-refractivity contribution in [2.75, 3.05) is 13.2 Å². The van der Waals surface area contributed by atoms with Crippen LogP contribution in [0.5, 0.6) is 0 Å². The highest BCUT2D eigenvalue weighted by atomic mass is 16.5. The van der Waals surface area contributed by atoms with Crippen molar-refractivity contribution in [3.63, 3.8) is 0 Å². The maximum atomic E-state index is 12.5. The van der Waals surface area contributed by atoms with Crippen molar-refractivity contribution < 1.29 is 24.5 Å². The van der Waals surface area contributed by atoms with Crippen LogP contribution in [0.25, 0.3) is 0 Å². The van der Waals surface area contributed by atoms with E-state index in [1.165, 1.54) is 218 Å². The average molecular weight is 889 g/mol. The minimum Gasteiger partial charge on any atom is -0.466 e. The molecule has 372 valence electrons. The Kier molecular flexibility index (Phi) is 51.6. The smallest absolute Gasteiger partial charge is 0.305 e. The van der Waals surface area contributed by atoms with Gasteiger partial charge in [0.15, 0.2) is 0 Å². The van der Waals surface area contributed by atoms with Crippen LogP contribution < -0.4 is 5.32 Å². The van der Waals surface area contributed by atoms with E-state index in [4.69, 9.17) is 4.74 Å². The van der Waals surface area contributed by atoms with Gasteiger partial charge in [-0.05, 0) is 51.4 Å². The number of hydrogen-bond donors (Lipinski definition) is 3. The normalized spacial score (nSPS) is 12.8. The molecule has 6 heteroatoms. The second kappa shape index (κ2) is 53.0. The van der Waals surface area contributed by atoms with Crippen molar-refractivity contribution in [2.45, 2.75) is 315 Å². The molecule has 0 saturated carbocycles. The summed E-state index contributed by atoms with van der Waals surface area (Å²) >= 11 is 0. The third-order valence-electron chi connectivity index (χ3n) is 13.0. The lowest BCUT2D eigenvalue weighted by Crippen LogP contribution is -2.45. The molecule has 0 aromatic rings. The van der Waals surface area contributed by atoms with Gasteiger partial charge in [0, 0.05) is 12.8 Å². The Morgan fingerprint density at radius 1 is 0.429 bits per heavy atom. The molecular weight excluding hydrogens is 779 g/mol. The summed E-state index contributed by atoms with van der Waals surface area (Å²) in [7, 11) is 0. The number of unbranched alkanes of at least 4 members (excludes halogenated alkanes) is 39. The fourth-order valence-electron chi connectivity index (χ4n) is 8.62. The number of esters is 1. The molecule has 0 bridgehead atoms. The number of carbonyl (C=O) groups excluding carboxylic acids is 2. The molecule has 0 aliphatic rings. The number of allylic oxidation sites excluding steroid dienone is 3. The minimum atomic E-state index is -0.852. The Morgan fingerprint density at radius 3 is 1.17 bits per heavy atom. The Balaban J connectivity index is 3.49. The van der Waals surface area contributed by atoms with E-state index in [9.17, 15) is 19.8 Å². The molecule has 0 rings (SSSR count). The Hall–Kier alpha value is -1.66. The third-order valence-corrected chi connectivity index (χ3v) is 13.0. The molecule has 0 aromatic carbocycles. The number of hydrogen-bond acceptors (Lipinski definition) is 5. The summed E-state index contributed by atoms with van der Waals surface area (Å²) in [6, 6.07) is -0.636. The van der Waals surface area contributed by atoms with Gasteiger partial charge in [-0.25, -0.2) is 0 Å². The second-order valence-electron chi connectivity index (χ2n) is 19.3. The van der Waals surface area contributed by atoms with E-state index in [0.29, 0.717) is 19.4 Å². The molecule has 2 unspecified atom stereocenters. The molecule has 0 saturated heterocycles. The third kappa shape index (κ3) is 49.6. The zero-order valence-electron chi connectivity index (χ0n) is 42.3. The van der Waals surface area contributed by atoms with Gasteiger partial charge in [-0.15, -0.1) is 0 Å². The van der Waals surface area contributed by atoms with Gasteiger partial charge in [0.2, 0.25) is 5.91 Å². The summed E-state index contributed by atoms with van der Waals surface area (Å²) < 4.78 is 5.44. The van der Waals surface area contributed by atoms with Crippen molar-refractivity contribution in [2.24, 2.45) is 0 Å². The summed E-state index contributed by atoms with van der Waals surface area (Å²) in [5, 5.41) is 23.2. The molecule has 63 heavy (non-hydrogen) atoms. The standard InChI is InChI=1S/C57H109NO5/c1-3-5-7-9-11-13-15-16-17-18-19-20-21-22-23-26-30-33-37-41-45-49-55(60)54(53-59)58-56(61)50-46-42-38-34-31-27-24-25-28-32-36-40-44-48-52-63-57(62)51-47-43-39-35-29-14-12-10-8-6-4-2/h10,12,45,49,54-55,59-60H,3-9,11,13-44,46-48,50-53H2,1-2H3,(H,58,61)/b12-10-,49-45+. The zero-order valence-corrected chi connectivity index (χ0v) is 42.3. The lowest BCUT2D eigenvalue weighted by Gasteiger charge is -2.20. The highest BCUT2D eigenvalue weighted by Crippen LogP contribution is 2.17. The topological polar surface area (TPSA) is 95.9 Å². The lowest BCUT2D eigenvalue weighted by atomic mass is 10.0. The first kappa shape index (κ1) is 61.3. The van der Waals surface area contributed by atoms with E-state index in [2.05, 4.69) is 31.3 Å². The Bertz CT molecular complexity index is 982. The summed E-state index contributed by atoms with van der Waals surface area (Å²) in [4.78, 5) is 24.5. The van der Waals surface area contributed by atoms with Crippen LogP contribution in [-0.4, -0.2) is 47.4 Å². The molecule has 0 aromatic heterocycles. The molecule has 0 spiro atoms. The van der Waals surface area contributed by atoms with Crippen LogP contribution in [0.3, 0.4) is 0 Å². The van der Waals surface area contributed by atoms with Crippen molar-refractivity contribution in [3.8, 4) is 0 Å². The van der Waals surface area contributed by atoms with Crippen LogP contribution in [0, 0.1) is 0 Å². The quantitative estimate of drug-likeness (QED) is 0.0321. The van der Waals surface area contributed by atoms with E-state index in [1.54, 1.807) is 6.08 Å². The van der Waals surface area contributed by atoms with Gasteiger partial charge in [0.05, 0.1) is 25.4 Å². The molecule has 6 nitrogen and oxygen atoms in total. The molecule has 0 radical (unpaired) electrons. The van der Waals surface area contributed by atoms with Gasteiger partial charge in [-0.3, -0.25) is 9.59 Å². The molecule has 1 amide bonds. The van der Waals surface area contributed by atoms with Gasteiger partial charge >= 0.3 is 5.97 Å². The van der Waals surface area contributed by atoms with E-state index in [0.717, 1.165) is 57.8 Å². The maximum absolute atomic E-state index is 12.5. The molecule has 0 aliphatic carbocycles. The van der Waals surface area contributed by atoms with E-state index >= 15 is 0 Å². The second-order valence-corrected chi connectivity index (χ2v) is 19.3. The molecule has 2 atom stereocenters. The monoisotopic (exact) mass is 888 g/mol. The summed E-state index contributed by atoms with van der Waals surface area (Å²) in [6.45, 7) is 4.85. The highest BCUT2D eigenvalue weighted by Gasteiger charge is 2.18. The summed E-state index contributed by atoms with van der Waals surface area (Å²) in [5.74, 6) is -0.0908. The minimum absolute atomic E-state index is 0.0142. The zero-order chi connectivity index (χ0) is 45.8. The van der Waals surface area contributed by atoms with Crippen LogP contribution in [0.1, 0.15) is 303 Å². The number of aliphatic hydroxyl groups excluding tert-OH is 2. The van der Waals surface area contributed by atoms with Crippen molar-refractivity contribution in [1.29, 1.82) is 0 Å². The molecule has 0 aliphatic heterocycles. The van der Waals surface area contributed by atoms with Crippen LogP contribution in [0.4, 0.5) is 0 Å². The number of carbonyl (C=O) groups is 2. The van der Waals surface area contributed by atoms with Gasteiger partial charge in [0.1, 0.15) is 0 Å². The van der Waals surface area contributed by atoms with Crippen molar-refractivity contribution in [1.82, 2.24) is 5.32 Å². The molecule has 0 heterocycles. The van der Waals surface area contributed by atoms with Crippen LogP contribution in [-0.2, 0) is 14.3 Å². The number of amides is 1. The fraction of sp³-hybridized carbons (Fsp3) is 0.895. The number of ether oxygens (including phenoxy) is 1. The Morgan fingerprint density at radius 2 is 0.762 bits per heavy atom. The molecular formula is C57H109NO5. The maximum Gasteiger partial charge on any atom is 0.305 e. The van der Waals surface area contributed by atoms with Crippen LogP contribution >= 0.6 is 0 Å². The van der Waals surface area contributed by atoms with Gasteiger partial charge in [-0.2, -0.15) is 0 Å². The van der Waals surface area contributed by atoms with Gasteiger partial charge in [0.25, 0.3) is 0 Å². The largest absolute Gasteiger partial charge is 0.466 e. The fourth-order valence-corrected chi connectivity index (χ4v) is 8.62. The first-order chi connectivity index (χ1) is 31.0. The predicted octanol–water partition coefficient (Wildman–Crippen LogP) is 17.1. The summed E-state index contributed by atoms with van der Waals surface area (Å²) in [6.07, 6.45) is 63.3. The lowest BCUT2D eigenvalue weighted by molar-refractivity contribution is -0.143. The first-order valence-corrected chi connectivity index (χ1v) is 28.1. The van der Waals surface area contributed by atoms with Gasteiger partial charge < -0.3 is 20.3 Å². The summed E-state index contributed by atoms with van der Waals surface area (Å²) in [5.41, 5.74) is 0. The SMILES string of the molecule is CCCC/C=C\CCCCCCCC(=O)OCCCCCCCCCCCCCCCCC(=O)NC(CO)C(O)/C=C/CCCCCCCCCCCCCCCCCCCCC. The first-order valence-electron chi connectivity index (χ1n) is 28.1. The van der Waals surface area contributed by atoms with E-state index in [1.807, 2.05) is 6.08 Å². The van der Waals surface area contributed by atoms with E-state index in [-0.39, 0.29) is 18.5 Å². The van der Waals surface area contributed by atoms with Crippen molar-refractivity contribution >= 4 is 11.9 Å². The molecule has 0 fully saturated rings. The van der Waals surface area contributed by atoms with Crippen LogP contribution in [0.2, 0.25) is 0 Å². The Labute approximate surface area is 392 Å². The van der Waals surface area contributed by atoms with Gasteiger partial charge in [-0.1, -0.05) is 263 Å².